The van der Waals surface area contributed by atoms with E-state index in [2.05, 4.69) is 10.6 Å². The fourth-order valence-corrected chi connectivity index (χ4v) is 1.93. The third-order valence-corrected chi connectivity index (χ3v) is 3.37. The van der Waals surface area contributed by atoms with Gasteiger partial charge in [0.1, 0.15) is 6.54 Å². The Morgan fingerprint density at radius 1 is 1.00 bits per heavy atom. The zero-order valence-corrected chi connectivity index (χ0v) is 14.2. The summed E-state index contributed by atoms with van der Waals surface area (Å²) in [5.41, 5.74) is 0.354. The topological polar surface area (TPSA) is 115 Å². The van der Waals surface area contributed by atoms with Crippen LogP contribution >= 0.6 is 11.6 Å². The fourth-order valence-electron chi connectivity index (χ4n) is 1.80. The first-order valence-corrected chi connectivity index (χ1v) is 7.86. The number of nitrogens with one attached hydrogen (secondary N) is 2. The first kappa shape index (κ1) is 19.2. The van der Waals surface area contributed by atoms with Crippen molar-refractivity contribution in [2.24, 2.45) is 0 Å². The molecule has 1 aromatic carbocycles. The molecule has 0 spiro atoms. The van der Waals surface area contributed by atoms with E-state index in [1.54, 1.807) is 12.1 Å². The molecule has 1 heterocycles. The van der Waals surface area contributed by atoms with Crippen molar-refractivity contribution in [1.82, 2.24) is 10.6 Å². The minimum atomic E-state index is -0.780. The second-order valence-corrected chi connectivity index (χ2v) is 5.46. The number of benzene rings is 1. The Morgan fingerprint density at radius 3 is 2.38 bits per heavy atom. The van der Waals surface area contributed by atoms with E-state index in [0.717, 1.165) is 0 Å². The molecule has 0 saturated carbocycles. The summed E-state index contributed by atoms with van der Waals surface area (Å²) in [7, 11) is 0. The van der Waals surface area contributed by atoms with Crippen molar-refractivity contribution in [3.63, 3.8) is 0 Å². The highest BCUT2D eigenvalue weighted by Gasteiger charge is 2.13. The average Bonchev–Trinajstić information content (AvgIpc) is 3.17. The SMILES string of the molecule is O=C(CNC(=O)c1ccco1)NCC(=O)OCC(=O)c1ccc(Cl)cc1. The molecule has 2 aromatic rings. The molecule has 9 heteroatoms. The van der Waals surface area contributed by atoms with E-state index < -0.39 is 36.7 Å². The summed E-state index contributed by atoms with van der Waals surface area (Å²) in [6.07, 6.45) is 1.33. The molecule has 2 amide bonds. The summed E-state index contributed by atoms with van der Waals surface area (Å²) < 4.78 is 9.65. The quantitative estimate of drug-likeness (QED) is 0.527. The average molecular weight is 379 g/mol. The number of hydrogen-bond acceptors (Lipinski definition) is 6. The Morgan fingerprint density at radius 2 is 1.73 bits per heavy atom. The maximum atomic E-state index is 11.8. The molecule has 0 fully saturated rings. The third-order valence-electron chi connectivity index (χ3n) is 3.11. The van der Waals surface area contributed by atoms with Gasteiger partial charge in [0.15, 0.2) is 18.2 Å². The number of ketones is 1. The Bertz CT molecular complexity index is 786. The van der Waals surface area contributed by atoms with Crippen molar-refractivity contribution in [3.8, 4) is 0 Å². The van der Waals surface area contributed by atoms with Crippen LogP contribution in [-0.2, 0) is 14.3 Å². The number of Topliss-reactive ketones (excluding diaryl/α,β-unsaturated/α-hetero) is 1. The summed E-state index contributed by atoms with van der Waals surface area (Å²) in [6, 6.07) is 9.12. The Balaban J connectivity index is 1.64. The summed E-state index contributed by atoms with van der Waals surface area (Å²) in [5.74, 6) is -2.25. The molecule has 0 saturated heterocycles. The maximum absolute atomic E-state index is 11.8. The summed E-state index contributed by atoms with van der Waals surface area (Å²) in [6.45, 7) is -1.22. The van der Waals surface area contributed by atoms with Gasteiger partial charge in [-0.15, -0.1) is 0 Å². The molecule has 26 heavy (non-hydrogen) atoms. The number of carbonyl (C=O) groups is 4. The highest BCUT2D eigenvalue weighted by atomic mass is 35.5. The van der Waals surface area contributed by atoms with Gasteiger partial charge in [-0.25, -0.2) is 0 Å². The van der Waals surface area contributed by atoms with Crippen LogP contribution in [0.2, 0.25) is 5.02 Å². The van der Waals surface area contributed by atoms with Gasteiger partial charge in [0.2, 0.25) is 5.91 Å². The number of carbonyl (C=O) groups excluding carboxylic acids is 4. The second-order valence-electron chi connectivity index (χ2n) is 5.03. The van der Waals surface area contributed by atoms with Gasteiger partial charge in [-0.1, -0.05) is 11.6 Å². The zero-order valence-electron chi connectivity index (χ0n) is 13.5. The normalized spacial score (nSPS) is 10.0. The van der Waals surface area contributed by atoms with E-state index in [4.69, 9.17) is 20.8 Å². The van der Waals surface area contributed by atoms with Crippen LogP contribution in [-0.4, -0.2) is 43.3 Å². The summed E-state index contributed by atoms with van der Waals surface area (Å²) in [5, 5.41) is 5.08. The van der Waals surface area contributed by atoms with Crippen LogP contribution in [0, 0.1) is 0 Å². The molecule has 1 aromatic heterocycles. The standard InChI is InChI=1S/C17H15ClN2O6/c18-12-5-3-11(4-6-12)13(21)10-26-16(23)9-19-15(22)8-20-17(24)14-2-1-7-25-14/h1-7H,8-10H2,(H,19,22)(H,20,24). The number of rotatable bonds is 8. The van der Waals surface area contributed by atoms with Crippen LogP contribution in [0.4, 0.5) is 0 Å². The minimum absolute atomic E-state index is 0.0675. The monoisotopic (exact) mass is 378 g/mol. The number of halogens is 1. The van der Waals surface area contributed by atoms with Gasteiger partial charge in [0, 0.05) is 10.6 Å². The zero-order chi connectivity index (χ0) is 18.9. The molecule has 2 rings (SSSR count). The van der Waals surface area contributed by atoms with Crippen LogP contribution in [0.1, 0.15) is 20.9 Å². The molecule has 0 unspecified atom stereocenters. The predicted octanol–water partition coefficient (Wildman–Crippen LogP) is 1.21. The lowest BCUT2D eigenvalue weighted by atomic mass is 10.1. The number of hydrogen-bond donors (Lipinski definition) is 2. The van der Waals surface area contributed by atoms with Crippen molar-refractivity contribution in [1.29, 1.82) is 0 Å². The lowest BCUT2D eigenvalue weighted by Crippen LogP contribution is -2.39. The number of amides is 2. The van der Waals surface area contributed by atoms with Crippen LogP contribution < -0.4 is 10.6 Å². The van der Waals surface area contributed by atoms with Crippen molar-refractivity contribution in [2.75, 3.05) is 19.7 Å². The lowest BCUT2D eigenvalue weighted by Gasteiger charge is -2.07. The van der Waals surface area contributed by atoms with Crippen molar-refractivity contribution in [3.05, 3.63) is 59.0 Å². The Hall–Kier alpha value is -3.13. The van der Waals surface area contributed by atoms with E-state index in [9.17, 15) is 19.2 Å². The second kappa shape index (κ2) is 9.38. The molecule has 0 atom stereocenters. The molecule has 0 aliphatic heterocycles. The molecular formula is C17H15ClN2O6. The number of ether oxygens (including phenoxy) is 1. The molecule has 0 radical (unpaired) electrons. The van der Waals surface area contributed by atoms with Gasteiger partial charge in [0.25, 0.3) is 5.91 Å². The van der Waals surface area contributed by atoms with E-state index in [0.29, 0.717) is 10.6 Å². The molecular weight excluding hydrogens is 364 g/mol. The molecule has 2 N–H and O–H groups in total. The molecule has 136 valence electrons. The van der Waals surface area contributed by atoms with Crippen LogP contribution in [0.25, 0.3) is 0 Å². The highest BCUT2D eigenvalue weighted by Crippen LogP contribution is 2.10. The van der Waals surface area contributed by atoms with Gasteiger partial charge in [-0.3, -0.25) is 19.2 Å². The van der Waals surface area contributed by atoms with Gasteiger partial charge < -0.3 is 19.8 Å². The smallest absolute Gasteiger partial charge is 0.325 e. The Labute approximate surface area is 153 Å². The fraction of sp³-hybridized carbons (Fsp3) is 0.176. The van der Waals surface area contributed by atoms with Gasteiger partial charge in [-0.05, 0) is 36.4 Å². The first-order chi connectivity index (χ1) is 12.5. The number of furan rings is 1. The molecule has 0 aliphatic carbocycles. The maximum Gasteiger partial charge on any atom is 0.325 e. The van der Waals surface area contributed by atoms with E-state index >= 15 is 0 Å². The van der Waals surface area contributed by atoms with Crippen molar-refractivity contribution in [2.45, 2.75) is 0 Å². The lowest BCUT2D eigenvalue weighted by molar-refractivity contribution is -0.142. The summed E-state index contributed by atoms with van der Waals surface area (Å²) >= 11 is 5.72. The Kier molecular flexibility index (Phi) is 6.92. The van der Waals surface area contributed by atoms with Crippen LogP contribution in [0.5, 0.6) is 0 Å². The van der Waals surface area contributed by atoms with Crippen molar-refractivity contribution >= 4 is 35.2 Å². The number of esters is 1. The summed E-state index contributed by atoms with van der Waals surface area (Å²) in [4.78, 5) is 46.5. The molecule has 8 nitrogen and oxygen atoms in total. The largest absolute Gasteiger partial charge is 0.459 e. The van der Waals surface area contributed by atoms with E-state index in [-0.39, 0.29) is 12.3 Å². The molecule has 0 bridgehead atoms. The first-order valence-electron chi connectivity index (χ1n) is 7.48. The van der Waals surface area contributed by atoms with Gasteiger partial charge >= 0.3 is 5.97 Å². The van der Waals surface area contributed by atoms with Gasteiger partial charge in [-0.2, -0.15) is 0 Å². The van der Waals surface area contributed by atoms with Gasteiger partial charge in [0.05, 0.1) is 12.8 Å². The highest BCUT2D eigenvalue weighted by molar-refractivity contribution is 6.30. The van der Waals surface area contributed by atoms with Crippen LogP contribution in [0.15, 0.2) is 47.1 Å². The minimum Gasteiger partial charge on any atom is -0.459 e. The van der Waals surface area contributed by atoms with E-state index in [1.165, 1.54) is 30.5 Å². The third kappa shape index (κ3) is 6.06. The van der Waals surface area contributed by atoms with Crippen molar-refractivity contribution < 1.29 is 28.3 Å². The van der Waals surface area contributed by atoms with Crippen LogP contribution in [0.3, 0.4) is 0 Å². The predicted molar refractivity (Wildman–Crippen MR) is 90.8 cm³/mol. The van der Waals surface area contributed by atoms with E-state index in [1.807, 2.05) is 0 Å². The molecule has 0 aliphatic rings.